The van der Waals surface area contributed by atoms with Crippen LogP contribution in [-0.2, 0) is 0 Å². The number of carbonyl (C=O) groups excluding carboxylic acids is 1. The van der Waals surface area contributed by atoms with Crippen LogP contribution < -0.4 is 10.2 Å². The normalized spacial score (nSPS) is 13.6. The molecule has 2 heterocycles. The SMILES string of the molecule is CSc1nc2c(s1)C(=O)Nc1cc(Cl)ccc1N2C. The first-order valence-electron chi connectivity index (χ1n) is 5.49. The quantitative estimate of drug-likeness (QED) is 0.812. The van der Waals surface area contributed by atoms with Crippen LogP contribution in [0.3, 0.4) is 0 Å². The van der Waals surface area contributed by atoms with E-state index in [-0.39, 0.29) is 5.91 Å². The zero-order chi connectivity index (χ0) is 13.6. The molecule has 3 rings (SSSR count). The fourth-order valence-electron chi connectivity index (χ4n) is 1.95. The molecular weight excluding hydrogens is 302 g/mol. The van der Waals surface area contributed by atoms with Gasteiger partial charge in [0.05, 0.1) is 11.4 Å². The second-order valence-corrected chi connectivity index (χ2v) is 6.50. The minimum absolute atomic E-state index is 0.138. The smallest absolute Gasteiger partial charge is 0.269 e. The molecule has 1 N–H and O–H groups in total. The number of nitrogens with one attached hydrogen (secondary N) is 1. The van der Waals surface area contributed by atoms with Crippen LogP contribution in [-0.4, -0.2) is 24.2 Å². The van der Waals surface area contributed by atoms with Gasteiger partial charge >= 0.3 is 0 Å². The van der Waals surface area contributed by atoms with Crippen LogP contribution in [0.25, 0.3) is 0 Å². The molecule has 0 saturated heterocycles. The van der Waals surface area contributed by atoms with E-state index in [9.17, 15) is 4.79 Å². The molecule has 0 aliphatic carbocycles. The van der Waals surface area contributed by atoms with Crippen LogP contribution >= 0.6 is 34.7 Å². The molecule has 0 spiro atoms. The van der Waals surface area contributed by atoms with Crippen LogP contribution in [0.5, 0.6) is 0 Å². The molecule has 0 atom stereocenters. The van der Waals surface area contributed by atoms with Gasteiger partial charge in [-0.1, -0.05) is 23.4 Å². The van der Waals surface area contributed by atoms with Crippen molar-refractivity contribution in [3.05, 3.63) is 28.1 Å². The molecule has 0 radical (unpaired) electrons. The molecule has 98 valence electrons. The highest BCUT2D eigenvalue weighted by molar-refractivity contribution is 8.00. The number of hydrogen-bond acceptors (Lipinski definition) is 5. The third kappa shape index (κ3) is 2.09. The van der Waals surface area contributed by atoms with Crippen LogP contribution in [0.1, 0.15) is 9.67 Å². The second kappa shape index (κ2) is 4.70. The van der Waals surface area contributed by atoms with Crippen molar-refractivity contribution in [2.24, 2.45) is 0 Å². The summed E-state index contributed by atoms with van der Waals surface area (Å²) < 4.78 is 0.879. The summed E-state index contributed by atoms with van der Waals surface area (Å²) in [6.45, 7) is 0. The molecule has 1 aliphatic rings. The minimum Gasteiger partial charge on any atom is -0.326 e. The van der Waals surface area contributed by atoms with E-state index in [0.29, 0.717) is 21.4 Å². The number of hydrogen-bond donors (Lipinski definition) is 1. The molecule has 1 aliphatic heterocycles. The fourth-order valence-corrected chi connectivity index (χ4v) is 3.61. The van der Waals surface area contributed by atoms with Crippen LogP contribution in [0.2, 0.25) is 5.02 Å². The monoisotopic (exact) mass is 311 g/mol. The van der Waals surface area contributed by atoms with Crippen LogP contribution in [0, 0.1) is 0 Å². The maximum absolute atomic E-state index is 12.2. The average molecular weight is 312 g/mol. The Morgan fingerprint density at radius 2 is 2.26 bits per heavy atom. The van der Waals surface area contributed by atoms with Crippen molar-refractivity contribution >= 4 is 57.8 Å². The number of halogens is 1. The van der Waals surface area contributed by atoms with E-state index >= 15 is 0 Å². The van der Waals surface area contributed by atoms with Crippen molar-refractivity contribution in [3.63, 3.8) is 0 Å². The van der Waals surface area contributed by atoms with Gasteiger partial charge in [0, 0.05) is 12.1 Å². The van der Waals surface area contributed by atoms with E-state index in [4.69, 9.17) is 11.6 Å². The first kappa shape index (κ1) is 12.8. The van der Waals surface area contributed by atoms with Gasteiger partial charge in [-0.15, -0.1) is 11.3 Å². The van der Waals surface area contributed by atoms with Gasteiger partial charge in [0.25, 0.3) is 5.91 Å². The Hall–Kier alpha value is -1.24. The average Bonchev–Trinajstić information content (AvgIpc) is 2.79. The van der Waals surface area contributed by atoms with Gasteiger partial charge in [0.15, 0.2) is 10.2 Å². The molecular formula is C12H10ClN3OS2. The molecule has 1 amide bonds. The van der Waals surface area contributed by atoms with Gasteiger partial charge in [-0.2, -0.15) is 0 Å². The van der Waals surface area contributed by atoms with Gasteiger partial charge in [-0.3, -0.25) is 4.79 Å². The predicted octanol–water partition coefficient (Wildman–Crippen LogP) is 3.85. The Bertz CT molecular complexity index is 671. The number of carbonyl (C=O) groups is 1. The van der Waals surface area contributed by atoms with Crippen LogP contribution in [0.4, 0.5) is 17.2 Å². The Kier molecular flexibility index (Phi) is 3.16. The summed E-state index contributed by atoms with van der Waals surface area (Å²) in [7, 11) is 1.90. The first-order chi connectivity index (χ1) is 9.10. The van der Waals surface area contributed by atoms with E-state index in [1.165, 1.54) is 23.1 Å². The highest BCUT2D eigenvalue weighted by Gasteiger charge is 2.27. The lowest BCUT2D eigenvalue weighted by Gasteiger charge is -2.17. The van der Waals surface area contributed by atoms with Gasteiger partial charge in [0.1, 0.15) is 4.88 Å². The van der Waals surface area contributed by atoms with Crippen molar-refractivity contribution in [1.29, 1.82) is 0 Å². The summed E-state index contributed by atoms with van der Waals surface area (Å²) in [5.74, 6) is 0.550. The molecule has 0 bridgehead atoms. The molecule has 7 heteroatoms. The summed E-state index contributed by atoms with van der Waals surface area (Å²) in [4.78, 5) is 19.3. The highest BCUT2D eigenvalue weighted by Crippen LogP contribution is 2.41. The number of nitrogens with zero attached hydrogens (tertiary/aromatic N) is 2. The van der Waals surface area contributed by atoms with Crippen molar-refractivity contribution in [1.82, 2.24) is 4.98 Å². The molecule has 0 saturated carbocycles. The van der Waals surface area contributed by atoms with Crippen molar-refractivity contribution < 1.29 is 4.79 Å². The number of amides is 1. The largest absolute Gasteiger partial charge is 0.326 e. The van der Waals surface area contributed by atoms with Crippen molar-refractivity contribution in [2.45, 2.75) is 4.34 Å². The Balaban J connectivity index is 2.19. The minimum atomic E-state index is -0.138. The molecule has 19 heavy (non-hydrogen) atoms. The van der Waals surface area contributed by atoms with E-state index in [1.807, 2.05) is 24.3 Å². The van der Waals surface area contributed by atoms with E-state index in [0.717, 1.165) is 10.0 Å². The van der Waals surface area contributed by atoms with Gasteiger partial charge < -0.3 is 10.2 Å². The molecule has 2 aromatic rings. The van der Waals surface area contributed by atoms with E-state index < -0.39 is 0 Å². The third-order valence-corrected chi connectivity index (χ3v) is 5.12. The van der Waals surface area contributed by atoms with E-state index in [2.05, 4.69) is 10.3 Å². The zero-order valence-electron chi connectivity index (χ0n) is 10.2. The number of aromatic nitrogens is 1. The van der Waals surface area contributed by atoms with Crippen LogP contribution in [0.15, 0.2) is 22.5 Å². The number of rotatable bonds is 1. The third-order valence-electron chi connectivity index (χ3n) is 2.86. The maximum Gasteiger partial charge on any atom is 0.269 e. The van der Waals surface area contributed by atoms with Gasteiger partial charge in [-0.25, -0.2) is 4.98 Å². The molecule has 4 nitrogen and oxygen atoms in total. The Morgan fingerprint density at radius 1 is 1.47 bits per heavy atom. The maximum atomic E-state index is 12.2. The lowest BCUT2D eigenvalue weighted by Crippen LogP contribution is -2.10. The predicted molar refractivity (Wildman–Crippen MR) is 81.4 cm³/mol. The Morgan fingerprint density at radius 3 is 3.00 bits per heavy atom. The van der Waals surface area contributed by atoms with E-state index in [1.54, 1.807) is 12.1 Å². The molecule has 0 unspecified atom stereocenters. The first-order valence-corrected chi connectivity index (χ1v) is 7.91. The summed E-state index contributed by atoms with van der Waals surface area (Å²) >= 11 is 8.91. The van der Waals surface area contributed by atoms with Crippen molar-refractivity contribution in [2.75, 3.05) is 23.5 Å². The van der Waals surface area contributed by atoms with Gasteiger partial charge in [-0.05, 0) is 24.5 Å². The topological polar surface area (TPSA) is 45.2 Å². The van der Waals surface area contributed by atoms with Gasteiger partial charge in [0.2, 0.25) is 0 Å². The molecule has 1 aromatic carbocycles. The Labute approximate surface area is 123 Å². The number of anilines is 3. The molecule has 1 aromatic heterocycles. The lowest BCUT2D eigenvalue weighted by molar-refractivity contribution is 0.103. The fraction of sp³-hybridized carbons (Fsp3) is 0.167. The summed E-state index contributed by atoms with van der Waals surface area (Å²) in [6.07, 6.45) is 1.95. The standard InChI is InChI=1S/C12H10ClN3OS2/c1-16-8-4-3-6(13)5-7(8)14-11(17)9-10(16)15-12(18-2)19-9/h3-5H,1-2H3,(H,14,17). The highest BCUT2D eigenvalue weighted by atomic mass is 35.5. The number of fused-ring (bicyclic) bond motifs is 2. The second-order valence-electron chi connectivity index (χ2n) is 4.01. The number of benzene rings is 1. The van der Waals surface area contributed by atoms with Crippen molar-refractivity contribution in [3.8, 4) is 0 Å². The molecule has 0 fully saturated rings. The lowest BCUT2D eigenvalue weighted by atomic mass is 10.2. The number of thioether (sulfide) groups is 1. The summed E-state index contributed by atoms with van der Waals surface area (Å²) in [5, 5.41) is 3.48. The summed E-state index contributed by atoms with van der Waals surface area (Å²) in [5.41, 5.74) is 1.59. The zero-order valence-corrected chi connectivity index (χ0v) is 12.6. The number of thiazole rings is 1. The summed E-state index contributed by atoms with van der Waals surface area (Å²) in [6, 6.07) is 5.43.